The summed E-state index contributed by atoms with van der Waals surface area (Å²) in [6, 6.07) is 36.5. The fourth-order valence-corrected chi connectivity index (χ4v) is 6.10. The lowest BCUT2D eigenvalue weighted by molar-refractivity contribution is -0.117. The molecule has 2 amide bonds. The normalized spacial score (nSPS) is 12.0. The van der Waals surface area contributed by atoms with Crippen LogP contribution in [-0.2, 0) is 16.6 Å². The molecule has 0 bridgehead atoms. The van der Waals surface area contributed by atoms with Crippen LogP contribution in [-0.4, -0.2) is 11.8 Å². The first-order valence-electron chi connectivity index (χ1n) is 15.5. The lowest BCUT2D eigenvalue weighted by Crippen LogP contribution is -2.23. The van der Waals surface area contributed by atoms with E-state index in [2.05, 4.69) is 108 Å². The maximum absolute atomic E-state index is 13.9. The number of benzene rings is 5. The third kappa shape index (κ3) is 7.41. The van der Waals surface area contributed by atoms with E-state index in [4.69, 9.17) is 5.73 Å². The van der Waals surface area contributed by atoms with Gasteiger partial charge < -0.3 is 11.1 Å². The Kier molecular flexibility index (Phi) is 9.06. The smallest absolute Gasteiger partial charge is 0.248 e. The molecule has 0 aliphatic heterocycles. The summed E-state index contributed by atoms with van der Waals surface area (Å²) in [5.74, 6) is -1.08. The number of anilines is 1. The van der Waals surface area contributed by atoms with Gasteiger partial charge in [-0.25, -0.2) is 0 Å². The Balaban J connectivity index is 1.42. The van der Waals surface area contributed by atoms with Crippen LogP contribution in [0, 0.1) is 20.8 Å². The molecule has 0 saturated carbocycles. The van der Waals surface area contributed by atoms with Crippen molar-refractivity contribution in [3.05, 3.63) is 148 Å². The third-order valence-electron chi connectivity index (χ3n) is 8.48. The second-order valence-electron chi connectivity index (χ2n) is 13.1. The molecule has 0 radical (unpaired) electrons. The summed E-state index contributed by atoms with van der Waals surface area (Å²) in [5.41, 5.74) is 18.1. The highest BCUT2D eigenvalue weighted by atomic mass is 16.2. The first-order valence-corrected chi connectivity index (χ1v) is 15.5. The number of nitrogens with two attached hydrogens (primary N) is 1. The van der Waals surface area contributed by atoms with Gasteiger partial charge in [-0.1, -0.05) is 111 Å². The van der Waals surface area contributed by atoms with Crippen LogP contribution >= 0.6 is 0 Å². The van der Waals surface area contributed by atoms with Gasteiger partial charge in [0.1, 0.15) is 0 Å². The van der Waals surface area contributed by atoms with Crippen LogP contribution in [0.15, 0.2) is 109 Å². The second-order valence-corrected chi connectivity index (χ2v) is 13.1. The van der Waals surface area contributed by atoms with Crippen molar-refractivity contribution in [1.82, 2.24) is 0 Å². The topological polar surface area (TPSA) is 72.2 Å². The van der Waals surface area contributed by atoms with E-state index in [0.717, 1.165) is 33.5 Å². The number of carbonyl (C=O) groups excluding carboxylic acids is 2. The highest BCUT2D eigenvalue weighted by Crippen LogP contribution is 2.31. The molecule has 45 heavy (non-hydrogen) atoms. The van der Waals surface area contributed by atoms with Crippen LogP contribution in [0.3, 0.4) is 0 Å². The summed E-state index contributed by atoms with van der Waals surface area (Å²) in [4.78, 5) is 25.8. The van der Waals surface area contributed by atoms with Crippen molar-refractivity contribution in [2.75, 3.05) is 5.32 Å². The number of amides is 2. The minimum atomic E-state index is -0.487. The minimum absolute atomic E-state index is 0.0909. The highest BCUT2D eigenvalue weighted by Gasteiger charge is 2.22. The molecular formula is C41H42N2O2. The summed E-state index contributed by atoms with van der Waals surface area (Å²) >= 11 is 0. The number of nitrogens with one attached hydrogen (secondary N) is 1. The summed E-state index contributed by atoms with van der Waals surface area (Å²) < 4.78 is 0. The van der Waals surface area contributed by atoms with Gasteiger partial charge in [-0.3, -0.25) is 9.59 Å². The molecule has 5 aromatic rings. The Hall–Kier alpha value is -4.96. The zero-order chi connectivity index (χ0) is 32.3. The average Bonchev–Trinajstić information content (AvgIpc) is 3.00. The Labute approximate surface area is 267 Å². The molecule has 0 fully saturated rings. The van der Waals surface area contributed by atoms with E-state index in [1.807, 2.05) is 36.4 Å². The molecule has 4 nitrogen and oxygen atoms in total. The van der Waals surface area contributed by atoms with Gasteiger partial charge in [-0.15, -0.1) is 0 Å². The maximum atomic E-state index is 13.9. The maximum Gasteiger partial charge on any atom is 0.248 e. The summed E-state index contributed by atoms with van der Waals surface area (Å²) in [5, 5.41) is 3.15. The van der Waals surface area contributed by atoms with Gasteiger partial charge in [0.25, 0.3) is 0 Å². The summed E-state index contributed by atoms with van der Waals surface area (Å²) in [7, 11) is 0. The van der Waals surface area contributed by atoms with E-state index in [-0.39, 0.29) is 11.3 Å². The molecule has 0 aromatic heterocycles. The van der Waals surface area contributed by atoms with Crippen molar-refractivity contribution in [2.45, 2.75) is 59.3 Å². The molecule has 3 N–H and O–H groups in total. The van der Waals surface area contributed by atoms with E-state index in [1.165, 1.54) is 27.8 Å². The van der Waals surface area contributed by atoms with Gasteiger partial charge in [0.15, 0.2) is 0 Å². The van der Waals surface area contributed by atoms with Crippen molar-refractivity contribution in [2.24, 2.45) is 5.73 Å². The fourth-order valence-electron chi connectivity index (χ4n) is 6.10. The van der Waals surface area contributed by atoms with Gasteiger partial charge in [0.2, 0.25) is 11.8 Å². The number of rotatable bonds is 8. The number of primary amides is 1. The first-order chi connectivity index (χ1) is 21.4. The molecule has 5 rings (SSSR count). The Bertz CT molecular complexity index is 1800. The zero-order valence-corrected chi connectivity index (χ0v) is 27.1. The molecule has 0 heterocycles. The summed E-state index contributed by atoms with van der Waals surface area (Å²) in [6.45, 7) is 13.0. The van der Waals surface area contributed by atoms with Crippen LogP contribution in [0.2, 0.25) is 0 Å². The number of hydrogen-bond donors (Lipinski definition) is 2. The van der Waals surface area contributed by atoms with Crippen LogP contribution in [0.1, 0.15) is 70.4 Å². The summed E-state index contributed by atoms with van der Waals surface area (Å²) in [6.07, 6.45) is 0.423. The van der Waals surface area contributed by atoms with E-state index in [1.54, 1.807) is 12.1 Å². The van der Waals surface area contributed by atoms with E-state index in [0.29, 0.717) is 12.0 Å². The quantitative estimate of drug-likeness (QED) is 0.188. The number of carbonyl (C=O) groups is 2. The van der Waals surface area contributed by atoms with Gasteiger partial charge in [0.05, 0.1) is 5.92 Å². The molecular weight excluding hydrogens is 552 g/mol. The standard InChI is InChI=1S/C41H42N2O2/c1-26-22-27(2)38(28(3)23-26)33-16-20-36(21-17-33)43-40(45)37(25-29-8-7-9-34(24-29)39(42)44)32-12-10-30(11-13-32)31-14-18-35(19-15-31)41(4,5)6/h7-24,37H,25H2,1-6H3,(H2,42,44)(H,43,45). The van der Waals surface area contributed by atoms with E-state index >= 15 is 0 Å². The third-order valence-corrected chi connectivity index (χ3v) is 8.48. The van der Waals surface area contributed by atoms with Crippen molar-refractivity contribution >= 4 is 17.5 Å². The molecule has 5 aromatic carbocycles. The van der Waals surface area contributed by atoms with E-state index in [9.17, 15) is 9.59 Å². The highest BCUT2D eigenvalue weighted by molar-refractivity contribution is 5.97. The van der Waals surface area contributed by atoms with Gasteiger partial charge in [-0.2, -0.15) is 0 Å². The average molecular weight is 595 g/mol. The van der Waals surface area contributed by atoms with E-state index < -0.39 is 11.8 Å². The monoisotopic (exact) mass is 594 g/mol. The van der Waals surface area contributed by atoms with Crippen molar-refractivity contribution in [3.63, 3.8) is 0 Å². The molecule has 1 atom stereocenters. The van der Waals surface area contributed by atoms with Crippen LogP contribution in [0.4, 0.5) is 5.69 Å². The molecule has 1 unspecified atom stereocenters. The predicted octanol–water partition coefficient (Wildman–Crippen LogP) is 9.31. The van der Waals surface area contributed by atoms with Crippen molar-refractivity contribution in [3.8, 4) is 22.3 Å². The largest absolute Gasteiger partial charge is 0.366 e. The number of hydrogen-bond acceptors (Lipinski definition) is 2. The zero-order valence-electron chi connectivity index (χ0n) is 27.1. The lowest BCUT2D eigenvalue weighted by Gasteiger charge is -2.20. The lowest BCUT2D eigenvalue weighted by atomic mass is 9.86. The minimum Gasteiger partial charge on any atom is -0.366 e. The molecule has 228 valence electrons. The molecule has 0 saturated heterocycles. The SMILES string of the molecule is Cc1cc(C)c(-c2ccc(NC(=O)C(Cc3cccc(C(N)=O)c3)c3ccc(-c4ccc(C(C)(C)C)cc4)cc3)cc2)c(C)c1. The second kappa shape index (κ2) is 13.0. The molecule has 0 spiro atoms. The van der Waals surface area contributed by atoms with Gasteiger partial charge in [-0.05, 0) is 107 Å². The van der Waals surface area contributed by atoms with Crippen LogP contribution < -0.4 is 11.1 Å². The molecule has 4 heteroatoms. The predicted molar refractivity (Wildman–Crippen MR) is 187 cm³/mol. The molecule has 0 aliphatic rings. The molecule has 0 aliphatic carbocycles. The Morgan fingerprint density at radius 3 is 1.82 bits per heavy atom. The first kappa shape index (κ1) is 31.5. The van der Waals surface area contributed by atoms with Crippen molar-refractivity contribution in [1.29, 1.82) is 0 Å². The van der Waals surface area contributed by atoms with Gasteiger partial charge in [0, 0.05) is 11.3 Å². The van der Waals surface area contributed by atoms with Crippen LogP contribution in [0.5, 0.6) is 0 Å². The van der Waals surface area contributed by atoms with Gasteiger partial charge >= 0.3 is 0 Å². The van der Waals surface area contributed by atoms with Crippen LogP contribution in [0.25, 0.3) is 22.3 Å². The van der Waals surface area contributed by atoms with Crippen molar-refractivity contribution < 1.29 is 9.59 Å². The number of aryl methyl sites for hydroxylation is 3. The fraction of sp³-hybridized carbons (Fsp3) is 0.220. The Morgan fingerprint density at radius 2 is 1.27 bits per heavy atom. The Morgan fingerprint density at radius 1 is 0.711 bits per heavy atom.